The SMILES string of the molecule is CC(C)=C1C=C(C=Nc2ccccc2N)C(O)=CC1. The van der Waals surface area contributed by atoms with Crippen LogP contribution in [0, 0.1) is 0 Å². The Hall–Kier alpha value is -2.29. The van der Waals surface area contributed by atoms with E-state index in [0.29, 0.717) is 16.9 Å². The molecule has 3 N–H and O–H groups in total. The van der Waals surface area contributed by atoms with Crippen LogP contribution in [0.4, 0.5) is 11.4 Å². The molecule has 0 bridgehead atoms. The molecule has 1 aliphatic rings. The first-order valence-electron chi connectivity index (χ1n) is 6.24. The van der Waals surface area contributed by atoms with Crippen LogP contribution in [0.2, 0.25) is 0 Å². The molecule has 0 spiro atoms. The molecule has 0 radical (unpaired) electrons. The van der Waals surface area contributed by atoms with E-state index in [0.717, 1.165) is 6.42 Å². The molecule has 1 aromatic rings. The Bertz CT molecular complexity index is 603. The van der Waals surface area contributed by atoms with Crippen molar-refractivity contribution in [1.82, 2.24) is 0 Å². The maximum Gasteiger partial charge on any atom is 0.120 e. The molecule has 0 unspecified atom stereocenters. The van der Waals surface area contributed by atoms with Gasteiger partial charge in [0.15, 0.2) is 0 Å². The second kappa shape index (κ2) is 5.57. The molecule has 0 saturated heterocycles. The van der Waals surface area contributed by atoms with Gasteiger partial charge in [0, 0.05) is 11.8 Å². The highest BCUT2D eigenvalue weighted by atomic mass is 16.3. The largest absolute Gasteiger partial charge is 0.508 e. The van der Waals surface area contributed by atoms with E-state index in [1.807, 2.05) is 24.3 Å². The summed E-state index contributed by atoms with van der Waals surface area (Å²) in [7, 11) is 0. The minimum Gasteiger partial charge on any atom is -0.508 e. The average Bonchev–Trinajstić information content (AvgIpc) is 2.39. The maximum absolute atomic E-state index is 9.86. The van der Waals surface area contributed by atoms with Crippen molar-refractivity contribution in [2.24, 2.45) is 4.99 Å². The zero-order valence-corrected chi connectivity index (χ0v) is 11.2. The molecule has 3 nitrogen and oxygen atoms in total. The van der Waals surface area contributed by atoms with Gasteiger partial charge in [-0.1, -0.05) is 17.7 Å². The monoisotopic (exact) mass is 254 g/mol. The molecule has 2 rings (SSSR count). The zero-order chi connectivity index (χ0) is 13.8. The number of hydrogen-bond acceptors (Lipinski definition) is 3. The first-order valence-corrected chi connectivity index (χ1v) is 6.24. The van der Waals surface area contributed by atoms with E-state index < -0.39 is 0 Å². The lowest BCUT2D eigenvalue weighted by Crippen LogP contribution is -1.99. The lowest BCUT2D eigenvalue weighted by atomic mass is 9.97. The highest BCUT2D eigenvalue weighted by molar-refractivity contribution is 5.88. The van der Waals surface area contributed by atoms with E-state index in [4.69, 9.17) is 5.73 Å². The molecule has 0 amide bonds. The van der Waals surface area contributed by atoms with Gasteiger partial charge in [0.05, 0.1) is 11.4 Å². The molecule has 0 heterocycles. The van der Waals surface area contributed by atoms with Gasteiger partial charge in [0.2, 0.25) is 0 Å². The summed E-state index contributed by atoms with van der Waals surface area (Å²) in [5, 5.41) is 9.86. The molecule has 1 aromatic carbocycles. The van der Waals surface area contributed by atoms with Crippen molar-refractivity contribution in [2.75, 3.05) is 5.73 Å². The molecule has 0 fully saturated rings. The smallest absolute Gasteiger partial charge is 0.120 e. The Morgan fingerprint density at radius 2 is 2.05 bits per heavy atom. The van der Waals surface area contributed by atoms with Crippen molar-refractivity contribution in [1.29, 1.82) is 0 Å². The third kappa shape index (κ3) is 3.13. The standard InChI is InChI=1S/C16H18N2O/c1-11(2)12-7-8-16(19)13(9-12)10-18-15-6-4-3-5-14(15)17/h3-6,8-10,19H,7,17H2,1-2H3. The fourth-order valence-electron chi connectivity index (χ4n) is 1.84. The van der Waals surface area contributed by atoms with Crippen LogP contribution in [0.25, 0.3) is 0 Å². The average molecular weight is 254 g/mol. The van der Waals surface area contributed by atoms with Crippen LogP contribution < -0.4 is 5.73 Å². The molecule has 0 aliphatic heterocycles. The Labute approximate surface area is 113 Å². The van der Waals surface area contributed by atoms with E-state index >= 15 is 0 Å². The molecule has 1 aliphatic carbocycles. The van der Waals surface area contributed by atoms with Gasteiger partial charge in [0.1, 0.15) is 5.76 Å². The summed E-state index contributed by atoms with van der Waals surface area (Å²) in [6.07, 6.45) is 6.18. The van der Waals surface area contributed by atoms with Crippen molar-refractivity contribution in [3.05, 3.63) is 58.9 Å². The van der Waals surface area contributed by atoms with Crippen molar-refractivity contribution >= 4 is 17.6 Å². The zero-order valence-electron chi connectivity index (χ0n) is 11.2. The van der Waals surface area contributed by atoms with Crippen LogP contribution in [0.5, 0.6) is 0 Å². The van der Waals surface area contributed by atoms with E-state index in [2.05, 4.69) is 18.8 Å². The number of rotatable bonds is 2. The van der Waals surface area contributed by atoms with Gasteiger partial charge in [-0.2, -0.15) is 0 Å². The van der Waals surface area contributed by atoms with E-state index in [1.54, 1.807) is 18.4 Å². The van der Waals surface area contributed by atoms with Crippen molar-refractivity contribution in [3.8, 4) is 0 Å². The predicted molar refractivity (Wildman–Crippen MR) is 80.8 cm³/mol. The summed E-state index contributed by atoms with van der Waals surface area (Å²) >= 11 is 0. The summed E-state index contributed by atoms with van der Waals surface area (Å²) in [6, 6.07) is 7.40. The van der Waals surface area contributed by atoms with E-state index in [-0.39, 0.29) is 5.76 Å². The highest BCUT2D eigenvalue weighted by Gasteiger charge is 2.09. The van der Waals surface area contributed by atoms with E-state index in [1.165, 1.54) is 11.1 Å². The number of aliphatic imine (C=N–C) groups is 1. The number of nitrogens with two attached hydrogens (primary N) is 1. The van der Waals surface area contributed by atoms with Crippen LogP contribution in [0.3, 0.4) is 0 Å². The number of nitrogen functional groups attached to an aromatic ring is 1. The Balaban J connectivity index is 2.29. The number of aliphatic hydroxyl groups is 1. The Morgan fingerprint density at radius 3 is 2.74 bits per heavy atom. The number of nitrogens with zero attached hydrogens (tertiary/aromatic N) is 1. The molecule has 0 atom stereocenters. The lowest BCUT2D eigenvalue weighted by molar-refractivity contribution is 0.424. The van der Waals surface area contributed by atoms with E-state index in [9.17, 15) is 5.11 Å². The van der Waals surface area contributed by atoms with Crippen molar-refractivity contribution in [2.45, 2.75) is 20.3 Å². The van der Waals surface area contributed by atoms with Crippen LogP contribution >= 0.6 is 0 Å². The topological polar surface area (TPSA) is 58.6 Å². The molecule has 98 valence electrons. The predicted octanol–water partition coefficient (Wildman–Crippen LogP) is 4.08. The fourth-order valence-corrected chi connectivity index (χ4v) is 1.84. The lowest BCUT2D eigenvalue weighted by Gasteiger charge is -2.11. The van der Waals surface area contributed by atoms with Crippen LogP contribution in [0.1, 0.15) is 20.3 Å². The molecule has 0 aromatic heterocycles. The second-order valence-corrected chi connectivity index (χ2v) is 4.74. The summed E-state index contributed by atoms with van der Waals surface area (Å²) in [5.74, 6) is 0.267. The van der Waals surface area contributed by atoms with Crippen LogP contribution in [-0.2, 0) is 0 Å². The summed E-state index contributed by atoms with van der Waals surface area (Å²) in [4.78, 5) is 4.33. The Kier molecular flexibility index (Phi) is 3.85. The first-order chi connectivity index (χ1) is 9.08. The molecule has 0 saturated carbocycles. The molecular formula is C16H18N2O. The van der Waals surface area contributed by atoms with Gasteiger partial charge in [-0.3, -0.25) is 4.99 Å². The van der Waals surface area contributed by atoms with Gasteiger partial charge in [-0.15, -0.1) is 0 Å². The Morgan fingerprint density at radius 1 is 1.32 bits per heavy atom. The van der Waals surface area contributed by atoms with Crippen molar-refractivity contribution < 1.29 is 5.11 Å². The van der Waals surface area contributed by atoms with Gasteiger partial charge in [-0.05, 0) is 50.1 Å². The highest BCUT2D eigenvalue weighted by Crippen LogP contribution is 2.24. The van der Waals surface area contributed by atoms with Crippen molar-refractivity contribution in [3.63, 3.8) is 0 Å². The van der Waals surface area contributed by atoms with Crippen LogP contribution in [0.15, 0.2) is 63.9 Å². The maximum atomic E-state index is 9.86. The molecular weight excluding hydrogens is 236 g/mol. The molecule has 19 heavy (non-hydrogen) atoms. The minimum atomic E-state index is 0.267. The number of anilines is 1. The van der Waals surface area contributed by atoms with Gasteiger partial charge in [0.25, 0.3) is 0 Å². The summed E-state index contributed by atoms with van der Waals surface area (Å²) in [5.41, 5.74) is 10.3. The first kappa shape index (κ1) is 13.1. The number of benzene rings is 1. The normalized spacial score (nSPS) is 15.4. The summed E-state index contributed by atoms with van der Waals surface area (Å²) < 4.78 is 0. The second-order valence-electron chi connectivity index (χ2n) is 4.74. The number of allylic oxidation sites excluding steroid dienone is 5. The third-order valence-electron chi connectivity index (χ3n) is 3.06. The number of aliphatic hydroxyl groups excluding tert-OH is 1. The van der Waals surface area contributed by atoms with Crippen LogP contribution in [-0.4, -0.2) is 11.3 Å². The number of para-hydroxylation sites is 2. The number of hydrogen-bond donors (Lipinski definition) is 2. The molecule has 3 heteroatoms. The van der Waals surface area contributed by atoms with Gasteiger partial charge >= 0.3 is 0 Å². The quantitative estimate of drug-likeness (QED) is 0.617. The third-order valence-corrected chi connectivity index (χ3v) is 3.06. The van der Waals surface area contributed by atoms with Gasteiger partial charge < -0.3 is 10.8 Å². The fraction of sp³-hybridized carbons (Fsp3) is 0.188. The van der Waals surface area contributed by atoms with Gasteiger partial charge in [-0.25, -0.2) is 0 Å². The minimum absolute atomic E-state index is 0.267. The summed E-state index contributed by atoms with van der Waals surface area (Å²) in [6.45, 7) is 4.12.